The topological polar surface area (TPSA) is 60.4 Å². The van der Waals surface area contributed by atoms with Gasteiger partial charge in [0.1, 0.15) is 5.78 Å². The third-order valence-corrected chi connectivity index (χ3v) is 9.31. The van der Waals surface area contributed by atoms with Crippen molar-refractivity contribution in [1.29, 1.82) is 0 Å². The third-order valence-electron chi connectivity index (χ3n) is 9.31. The molecule has 4 aliphatic carbocycles. The van der Waals surface area contributed by atoms with Crippen LogP contribution in [-0.4, -0.2) is 23.1 Å². The molecule has 4 nitrogen and oxygen atoms in total. The van der Waals surface area contributed by atoms with E-state index in [1.807, 2.05) is 0 Å². The maximum Gasteiger partial charge on any atom is 0.303 e. The van der Waals surface area contributed by atoms with Crippen molar-refractivity contribution in [2.45, 2.75) is 91.6 Å². The zero-order valence-corrected chi connectivity index (χ0v) is 18.0. The molecule has 0 heterocycles. The maximum atomic E-state index is 12.8. The van der Waals surface area contributed by atoms with Gasteiger partial charge in [0.2, 0.25) is 0 Å². The highest BCUT2D eigenvalue weighted by atomic mass is 16.6. The number of allylic oxidation sites excluding steroid dienone is 2. The van der Waals surface area contributed by atoms with Gasteiger partial charge in [0, 0.05) is 25.2 Å². The smallest absolute Gasteiger partial charge is 0.303 e. The summed E-state index contributed by atoms with van der Waals surface area (Å²) in [6.07, 6.45) is 6.89. The summed E-state index contributed by atoms with van der Waals surface area (Å²) in [4.78, 5) is 36.8. The normalized spacial score (nSPS) is 45.2. The van der Waals surface area contributed by atoms with Gasteiger partial charge in [-0.3, -0.25) is 14.4 Å². The van der Waals surface area contributed by atoms with Crippen molar-refractivity contribution >= 4 is 17.5 Å². The molecule has 3 unspecified atom stereocenters. The van der Waals surface area contributed by atoms with E-state index in [1.54, 1.807) is 6.92 Å². The summed E-state index contributed by atoms with van der Waals surface area (Å²) < 4.78 is 5.84. The van der Waals surface area contributed by atoms with E-state index in [-0.39, 0.29) is 22.6 Å². The van der Waals surface area contributed by atoms with Crippen LogP contribution in [0.25, 0.3) is 0 Å². The Hall–Kier alpha value is -1.45. The Morgan fingerprint density at radius 3 is 2.36 bits per heavy atom. The number of hydrogen-bond acceptors (Lipinski definition) is 4. The summed E-state index contributed by atoms with van der Waals surface area (Å²) in [5.41, 5.74) is 1.67. The highest BCUT2D eigenvalue weighted by Crippen LogP contribution is 2.68. The average molecular weight is 387 g/mol. The molecule has 0 bridgehead atoms. The molecule has 0 aliphatic heterocycles. The lowest BCUT2D eigenvalue weighted by Gasteiger charge is -2.59. The minimum Gasteiger partial charge on any atom is -0.451 e. The van der Waals surface area contributed by atoms with Gasteiger partial charge in [-0.25, -0.2) is 0 Å². The first-order valence-electron chi connectivity index (χ1n) is 11.0. The zero-order valence-electron chi connectivity index (χ0n) is 18.0. The molecule has 6 atom stereocenters. The van der Waals surface area contributed by atoms with Crippen LogP contribution in [0.3, 0.4) is 0 Å². The van der Waals surface area contributed by atoms with Crippen molar-refractivity contribution in [3.05, 3.63) is 11.1 Å². The molecule has 0 saturated heterocycles. The molecule has 28 heavy (non-hydrogen) atoms. The largest absolute Gasteiger partial charge is 0.451 e. The Morgan fingerprint density at radius 2 is 1.71 bits per heavy atom. The fourth-order valence-corrected chi connectivity index (χ4v) is 7.99. The predicted molar refractivity (Wildman–Crippen MR) is 107 cm³/mol. The summed E-state index contributed by atoms with van der Waals surface area (Å²) in [7, 11) is 0. The fourth-order valence-electron chi connectivity index (χ4n) is 7.99. The second-order valence-electron chi connectivity index (χ2n) is 10.4. The molecule has 0 aromatic heterocycles. The minimum atomic E-state index is -0.962. The number of ether oxygens (including phenoxy) is 1. The molecule has 3 fully saturated rings. The van der Waals surface area contributed by atoms with Crippen molar-refractivity contribution in [3.8, 4) is 0 Å². The standard InChI is InChI=1S/C24H34O4/c1-14-12-18-19(22(4)9-6-17(27)13-21(14)22)7-10-23(5)20(18)8-11-24(23,15(2)25)28-16(3)26/h18-20H,6-13H2,1-5H3/t18?,19?,20?,22-,23+,24+/m1/s1. The second-order valence-corrected chi connectivity index (χ2v) is 10.4. The summed E-state index contributed by atoms with van der Waals surface area (Å²) in [5.74, 6) is 1.51. The first-order valence-corrected chi connectivity index (χ1v) is 11.0. The summed E-state index contributed by atoms with van der Waals surface area (Å²) >= 11 is 0. The molecule has 4 rings (SSSR count). The summed E-state index contributed by atoms with van der Waals surface area (Å²) in [5, 5.41) is 0. The van der Waals surface area contributed by atoms with Gasteiger partial charge in [-0.2, -0.15) is 0 Å². The van der Waals surface area contributed by atoms with Crippen LogP contribution in [0.15, 0.2) is 11.1 Å². The van der Waals surface area contributed by atoms with Gasteiger partial charge < -0.3 is 4.74 Å². The minimum absolute atomic E-state index is 0.00406. The van der Waals surface area contributed by atoms with E-state index in [0.29, 0.717) is 42.8 Å². The predicted octanol–water partition coefficient (Wildman–Crippen LogP) is 4.80. The van der Waals surface area contributed by atoms with E-state index in [0.717, 1.165) is 32.1 Å². The van der Waals surface area contributed by atoms with E-state index in [1.165, 1.54) is 18.1 Å². The highest BCUT2D eigenvalue weighted by Gasteiger charge is 2.67. The van der Waals surface area contributed by atoms with Crippen molar-refractivity contribution < 1.29 is 19.1 Å². The molecule has 0 aromatic carbocycles. The quantitative estimate of drug-likeness (QED) is 0.505. The molecule has 0 amide bonds. The first kappa shape index (κ1) is 19.8. The Balaban J connectivity index is 1.74. The third kappa shape index (κ3) is 2.45. The van der Waals surface area contributed by atoms with Crippen molar-refractivity contribution in [2.75, 3.05) is 0 Å². The highest BCUT2D eigenvalue weighted by molar-refractivity contribution is 5.89. The zero-order chi connectivity index (χ0) is 20.5. The van der Waals surface area contributed by atoms with Crippen LogP contribution in [0, 0.1) is 28.6 Å². The Labute approximate surface area is 168 Å². The van der Waals surface area contributed by atoms with Crippen LogP contribution in [0.1, 0.15) is 86.0 Å². The van der Waals surface area contributed by atoms with Crippen LogP contribution in [-0.2, 0) is 19.1 Å². The molecule has 4 heteroatoms. The van der Waals surface area contributed by atoms with Crippen LogP contribution >= 0.6 is 0 Å². The Morgan fingerprint density at radius 1 is 1.04 bits per heavy atom. The van der Waals surface area contributed by atoms with Crippen molar-refractivity contribution in [2.24, 2.45) is 28.6 Å². The van der Waals surface area contributed by atoms with E-state index in [9.17, 15) is 14.4 Å². The lowest BCUT2D eigenvalue weighted by Crippen LogP contribution is -2.58. The number of Topliss-reactive ketones (excluding diaryl/α,β-unsaturated/α-hetero) is 2. The lowest BCUT2D eigenvalue weighted by atomic mass is 9.46. The summed E-state index contributed by atoms with van der Waals surface area (Å²) in [6, 6.07) is 0. The summed E-state index contributed by atoms with van der Waals surface area (Å²) in [6.45, 7) is 9.82. The van der Waals surface area contributed by atoms with E-state index in [4.69, 9.17) is 4.74 Å². The first-order chi connectivity index (χ1) is 13.0. The van der Waals surface area contributed by atoms with E-state index in [2.05, 4.69) is 20.8 Å². The molecule has 0 aromatic rings. The molecular weight excluding hydrogens is 352 g/mol. The van der Waals surface area contributed by atoms with Crippen LogP contribution < -0.4 is 0 Å². The van der Waals surface area contributed by atoms with Gasteiger partial charge in [-0.1, -0.05) is 25.0 Å². The lowest BCUT2D eigenvalue weighted by molar-refractivity contribution is -0.186. The van der Waals surface area contributed by atoms with Crippen LogP contribution in [0.2, 0.25) is 0 Å². The number of hydrogen-bond donors (Lipinski definition) is 0. The number of esters is 1. The molecular formula is C24H34O4. The molecule has 154 valence electrons. The molecule has 0 spiro atoms. The van der Waals surface area contributed by atoms with Gasteiger partial charge >= 0.3 is 5.97 Å². The fraction of sp³-hybridized carbons (Fsp3) is 0.792. The number of rotatable bonds is 2. The molecule has 3 saturated carbocycles. The van der Waals surface area contributed by atoms with Crippen molar-refractivity contribution in [1.82, 2.24) is 0 Å². The number of ketones is 2. The van der Waals surface area contributed by atoms with Crippen LogP contribution in [0.4, 0.5) is 0 Å². The van der Waals surface area contributed by atoms with E-state index < -0.39 is 5.60 Å². The SMILES string of the molecule is CC(=O)O[C@]1(C(C)=O)CCC2C3CC(C)=C4CC(=O)CC[C@]4(C)C3CC[C@@]21C. The van der Waals surface area contributed by atoms with Gasteiger partial charge in [0.15, 0.2) is 11.4 Å². The van der Waals surface area contributed by atoms with Crippen molar-refractivity contribution in [3.63, 3.8) is 0 Å². The molecule has 0 radical (unpaired) electrons. The average Bonchev–Trinajstić information content (AvgIpc) is 2.90. The second kappa shape index (κ2) is 6.27. The van der Waals surface area contributed by atoms with E-state index >= 15 is 0 Å². The van der Waals surface area contributed by atoms with Gasteiger partial charge in [-0.05, 0) is 75.5 Å². The number of carbonyl (C=O) groups excluding carboxylic acids is 3. The van der Waals surface area contributed by atoms with Gasteiger partial charge in [0.25, 0.3) is 0 Å². The maximum absolute atomic E-state index is 12.8. The van der Waals surface area contributed by atoms with Gasteiger partial charge in [-0.15, -0.1) is 0 Å². The van der Waals surface area contributed by atoms with Gasteiger partial charge in [0.05, 0.1) is 0 Å². The molecule has 0 N–H and O–H groups in total. The number of fused-ring (bicyclic) bond motifs is 5. The molecule has 4 aliphatic rings. The Kier molecular flexibility index (Phi) is 4.45. The number of carbonyl (C=O) groups is 3. The van der Waals surface area contributed by atoms with Crippen LogP contribution in [0.5, 0.6) is 0 Å². The monoisotopic (exact) mass is 386 g/mol. The Bertz CT molecular complexity index is 779.